The summed E-state index contributed by atoms with van der Waals surface area (Å²) in [6.07, 6.45) is 2.97. The lowest BCUT2D eigenvalue weighted by atomic mass is 9.80. The molecule has 0 unspecified atom stereocenters. The highest BCUT2D eigenvalue weighted by Crippen LogP contribution is 2.36. The minimum atomic E-state index is -0.586. The van der Waals surface area contributed by atoms with Gasteiger partial charge in [0.2, 0.25) is 0 Å². The summed E-state index contributed by atoms with van der Waals surface area (Å²) in [7, 11) is -0.530. The number of esters is 1. The third-order valence-electron chi connectivity index (χ3n) is 5.72. The van der Waals surface area contributed by atoms with Gasteiger partial charge in [0.25, 0.3) is 5.91 Å². The van der Waals surface area contributed by atoms with Crippen LogP contribution in [0.2, 0.25) is 0 Å². The predicted molar refractivity (Wildman–Crippen MR) is 110 cm³/mol. The van der Waals surface area contributed by atoms with Crippen molar-refractivity contribution < 1.29 is 23.6 Å². The molecule has 1 aromatic heterocycles. The van der Waals surface area contributed by atoms with Gasteiger partial charge in [-0.05, 0) is 67.4 Å². The standard InChI is InChI=1S/C21H31BN2O5/c1-19(2,3)27-18(26)16-9-8-12-24(16)17(25)15-11-10-14(13-23-15)22-28-20(4,5)21(6,7)29-22/h10-11,13,16H,8-9,12H2,1-7H3/t16-/m0/s1. The molecule has 1 atom stereocenters. The quantitative estimate of drug-likeness (QED) is 0.571. The molecule has 1 aromatic rings. The molecule has 8 heteroatoms. The van der Waals surface area contributed by atoms with Gasteiger partial charge in [0.15, 0.2) is 0 Å². The van der Waals surface area contributed by atoms with Crippen molar-refractivity contribution in [2.45, 2.75) is 84.2 Å². The molecule has 0 spiro atoms. The SMILES string of the molecule is CC(C)(C)OC(=O)[C@@H]1CCCN1C(=O)c1ccc(B2OC(C)(C)C(C)(C)O2)cn1. The summed E-state index contributed by atoms with van der Waals surface area (Å²) >= 11 is 0. The maximum Gasteiger partial charge on any atom is 0.496 e. The highest BCUT2D eigenvalue weighted by Gasteiger charge is 2.51. The lowest BCUT2D eigenvalue weighted by Crippen LogP contribution is -2.44. The van der Waals surface area contributed by atoms with Crippen molar-refractivity contribution in [2.24, 2.45) is 0 Å². The molecule has 0 radical (unpaired) electrons. The summed E-state index contributed by atoms with van der Waals surface area (Å²) in [6.45, 7) is 13.9. The molecule has 3 rings (SSSR count). The molecule has 1 amide bonds. The minimum absolute atomic E-state index is 0.265. The summed E-state index contributed by atoms with van der Waals surface area (Å²) in [5.41, 5.74) is -0.423. The van der Waals surface area contributed by atoms with Crippen molar-refractivity contribution >= 4 is 24.5 Å². The van der Waals surface area contributed by atoms with Gasteiger partial charge < -0.3 is 18.9 Å². The molecule has 0 aliphatic carbocycles. The van der Waals surface area contributed by atoms with E-state index in [0.717, 1.165) is 11.9 Å². The fourth-order valence-corrected chi connectivity index (χ4v) is 3.42. The van der Waals surface area contributed by atoms with Crippen LogP contribution in [0.1, 0.15) is 71.8 Å². The van der Waals surface area contributed by atoms with Crippen LogP contribution >= 0.6 is 0 Å². The maximum atomic E-state index is 13.0. The first-order chi connectivity index (χ1) is 13.3. The van der Waals surface area contributed by atoms with Crippen LogP contribution in [0, 0.1) is 0 Å². The molecule has 0 bridgehead atoms. The third kappa shape index (κ3) is 4.48. The molecule has 7 nitrogen and oxygen atoms in total. The van der Waals surface area contributed by atoms with Crippen LogP contribution in [0.4, 0.5) is 0 Å². The van der Waals surface area contributed by atoms with Gasteiger partial charge in [-0.2, -0.15) is 0 Å². The van der Waals surface area contributed by atoms with Crippen molar-refractivity contribution in [2.75, 3.05) is 6.54 Å². The van der Waals surface area contributed by atoms with Gasteiger partial charge in [-0.3, -0.25) is 9.78 Å². The number of amides is 1. The molecule has 2 saturated heterocycles. The van der Waals surface area contributed by atoms with Gasteiger partial charge in [-0.1, -0.05) is 6.07 Å². The summed E-state index contributed by atoms with van der Waals surface area (Å²) in [5.74, 6) is -0.629. The number of carbonyl (C=O) groups is 2. The number of nitrogens with zero attached hydrogens (tertiary/aromatic N) is 2. The van der Waals surface area contributed by atoms with Gasteiger partial charge >= 0.3 is 13.1 Å². The Hall–Kier alpha value is -1.93. The molecule has 2 aliphatic heterocycles. The first kappa shape index (κ1) is 21.8. The zero-order chi connectivity index (χ0) is 21.6. The molecule has 2 fully saturated rings. The Morgan fingerprint density at radius 1 is 1.17 bits per heavy atom. The van der Waals surface area contributed by atoms with E-state index in [1.54, 1.807) is 23.2 Å². The van der Waals surface area contributed by atoms with E-state index >= 15 is 0 Å². The van der Waals surface area contributed by atoms with Crippen LogP contribution in [0.3, 0.4) is 0 Å². The number of likely N-dealkylation sites (tertiary alicyclic amines) is 1. The van der Waals surface area contributed by atoms with Crippen molar-refractivity contribution in [1.82, 2.24) is 9.88 Å². The number of aromatic nitrogens is 1. The average Bonchev–Trinajstić information content (AvgIpc) is 3.16. The maximum absolute atomic E-state index is 13.0. The van der Waals surface area contributed by atoms with E-state index in [2.05, 4.69) is 4.98 Å². The Labute approximate surface area is 173 Å². The van der Waals surface area contributed by atoms with Crippen LogP contribution in [-0.4, -0.2) is 58.3 Å². The molecule has 0 N–H and O–H groups in total. The Morgan fingerprint density at radius 3 is 2.31 bits per heavy atom. The van der Waals surface area contributed by atoms with Crippen molar-refractivity contribution in [3.63, 3.8) is 0 Å². The molecular weight excluding hydrogens is 371 g/mol. The minimum Gasteiger partial charge on any atom is -0.458 e. The topological polar surface area (TPSA) is 78.0 Å². The normalized spacial score (nSPS) is 23.3. The van der Waals surface area contributed by atoms with Crippen LogP contribution in [0.25, 0.3) is 0 Å². The van der Waals surface area contributed by atoms with Crippen molar-refractivity contribution in [3.8, 4) is 0 Å². The van der Waals surface area contributed by atoms with E-state index in [4.69, 9.17) is 14.0 Å². The fourth-order valence-electron chi connectivity index (χ4n) is 3.42. The zero-order valence-corrected chi connectivity index (χ0v) is 18.4. The van der Waals surface area contributed by atoms with Crippen LogP contribution in [0.5, 0.6) is 0 Å². The second-order valence-corrected chi connectivity index (χ2v) is 9.76. The summed E-state index contributed by atoms with van der Waals surface area (Å²) in [4.78, 5) is 31.3. The number of ether oxygens (including phenoxy) is 1. The van der Waals surface area contributed by atoms with Gasteiger partial charge in [0.1, 0.15) is 17.3 Å². The fraction of sp³-hybridized carbons (Fsp3) is 0.667. The van der Waals surface area contributed by atoms with Crippen molar-refractivity contribution in [3.05, 3.63) is 24.0 Å². The van der Waals surface area contributed by atoms with Crippen molar-refractivity contribution in [1.29, 1.82) is 0 Å². The molecule has 29 heavy (non-hydrogen) atoms. The van der Waals surface area contributed by atoms with Gasteiger partial charge in [0, 0.05) is 18.2 Å². The van der Waals surface area contributed by atoms with Gasteiger partial charge in [0.05, 0.1) is 11.2 Å². The number of carbonyl (C=O) groups excluding carboxylic acids is 2. The highest BCUT2D eigenvalue weighted by molar-refractivity contribution is 6.62. The molecule has 3 heterocycles. The molecular formula is C21H31BN2O5. The second kappa shape index (κ2) is 7.40. The molecule has 158 valence electrons. The largest absolute Gasteiger partial charge is 0.496 e. The molecule has 0 saturated carbocycles. The number of pyridine rings is 1. The Bertz CT molecular complexity index is 769. The first-order valence-electron chi connectivity index (χ1n) is 10.2. The van der Waals surface area contributed by atoms with Gasteiger partial charge in [-0.25, -0.2) is 4.79 Å². The van der Waals surface area contributed by atoms with E-state index in [1.807, 2.05) is 48.5 Å². The van der Waals surface area contributed by atoms with E-state index in [0.29, 0.717) is 18.7 Å². The smallest absolute Gasteiger partial charge is 0.458 e. The Kier molecular flexibility index (Phi) is 5.56. The summed E-state index contributed by atoms with van der Waals surface area (Å²) in [5, 5.41) is 0. The van der Waals surface area contributed by atoms with Gasteiger partial charge in [-0.15, -0.1) is 0 Å². The zero-order valence-electron chi connectivity index (χ0n) is 18.4. The lowest BCUT2D eigenvalue weighted by molar-refractivity contribution is -0.159. The summed E-state index contributed by atoms with van der Waals surface area (Å²) in [6, 6.07) is 2.89. The second-order valence-electron chi connectivity index (χ2n) is 9.76. The third-order valence-corrected chi connectivity index (χ3v) is 5.72. The predicted octanol–water partition coefficient (Wildman–Crippen LogP) is 2.33. The summed E-state index contributed by atoms with van der Waals surface area (Å²) < 4.78 is 17.5. The van der Waals surface area contributed by atoms with Crippen LogP contribution < -0.4 is 5.46 Å². The monoisotopic (exact) mass is 402 g/mol. The molecule has 2 aliphatic rings. The lowest BCUT2D eigenvalue weighted by Gasteiger charge is -2.32. The Balaban J connectivity index is 1.71. The van der Waals surface area contributed by atoms with E-state index < -0.39 is 30.0 Å². The molecule has 0 aromatic carbocycles. The number of rotatable bonds is 3. The number of hydrogen-bond acceptors (Lipinski definition) is 6. The van der Waals surface area contributed by atoms with Crippen LogP contribution in [0.15, 0.2) is 18.3 Å². The first-order valence-corrected chi connectivity index (χ1v) is 10.2. The van der Waals surface area contributed by atoms with E-state index in [1.165, 1.54) is 0 Å². The van der Waals surface area contributed by atoms with Crippen LogP contribution in [-0.2, 0) is 18.8 Å². The van der Waals surface area contributed by atoms with E-state index in [9.17, 15) is 9.59 Å². The number of hydrogen-bond donors (Lipinski definition) is 0. The Morgan fingerprint density at radius 2 is 1.79 bits per heavy atom. The average molecular weight is 402 g/mol. The van der Waals surface area contributed by atoms with E-state index in [-0.39, 0.29) is 11.9 Å². The highest BCUT2D eigenvalue weighted by atomic mass is 16.7.